The molecule has 0 saturated heterocycles. The fourth-order valence-electron chi connectivity index (χ4n) is 2.89. The number of rotatable bonds is 5. The summed E-state index contributed by atoms with van der Waals surface area (Å²) in [6.45, 7) is 1.83. The zero-order valence-corrected chi connectivity index (χ0v) is 14.6. The molecule has 4 nitrogen and oxygen atoms in total. The van der Waals surface area contributed by atoms with E-state index in [-0.39, 0.29) is 12.5 Å². The van der Waals surface area contributed by atoms with Gasteiger partial charge in [-0.2, -0.15) is 0 Å². The highest BCUT2D eigenvalue weighted by Crippen LogP contribution is 2.31. The Morgan fingerprint density at radius 1 is 1.24 bits per heavy atom. The molecule has 25 heavy (non-hydrogen) atoms. The van der Waals surface area contributed by atoms with E-state index in [1.807, 2.05) is 6.07 Å². The predicted octanol–water partition coefficient (Wildman–Crippen LogP) is 3.62. The minimum Gasteiger partial charge on any atom is -0.329 e. The number of fused-ring (bicyclic) bond motifs is 1. The molecule has 1 aromatic carbocycles. The number of carbonyl (C=O) groups excluding carboxylic acids is 2. The van der Waals surface area contributed by atoms with E-state index < -0.39 is 23.2 Å². The maximum absolute atomic E-state index is 13.6. The lowest BCUT2D eigenvalue weighted by Crippen LogP contribution is -2.37. The summed E-state index contributed by atoms with van der Waals surface area (Å²) in [7, 11) is 0. The maximum Gasteiger partial charge on any atom is 0.264 e. The fraction of sp³-hybridized carbons (Fsp3) is 0.333. The molecule has 2 amide bonds. The minimum atomic E-state index is -0.850. The van der Waals surface area contributed by atoms with Crippen molar-refractivity contribution in [2.75, 3.05) is 18.4 Å². The molecule has 0 saturated carbocycles. The molecule has 1 aliphatic carbocycles. The first-order valence-corrected chi connectivity index (χ1v) is 8.96. The van der Waals surface area contributed by atoms with Crippen molar-refractivity contribution in [3.63, 3.8) is 0 Å². The molecule has 0 spiro atoms. The highest BCUT2D eigenvalue weighted by atomic mass is 32.1. The normalized spacial score (nSPS) is 12.8. The summed E-state index contributed by atoms with van der Waals surface area (Å²) in [4.78, 5) is 27.9. The number of benzene rings is 1. The first kappa shape index (κ1) is 17.5. The van der Waals surface area contributed by atoms with Crippen molar-refractivity contribution in [1.82, 2.24) is 4.90 Å². The van der Waals surface area contributed by atoms with E-state index in [1.54, 1.807) is 6.92 Å². The Morgan fingerprint density at radius 2 is 1.96 bits per heavy atom. The van der Waals surface area contributed by atoms with Crippen molar-refractivity contribution in [2.24, 2.45) is 0 Å². The van der Waals surface area contributed by atoms with Crippen LogP contribution < -0.4 is 5.32 Å². The van der Waals surface area contributed by atoms with Gasteiger partial charge in [0.15, 0.2) is 0 Å². The molecule has 0 atom stereocenters. The van der Waals surface area contributed by atoms with Gasteiger partial charge in [0, 0.05) is 11.4 Å². The zero-order valence-electron chi connectivity index (χ0n) is 13.8. The first-order valence-electron chi connectivity index (χ1n) is 8.14. The van der Waals surface area contributed by atoms with E-state index in [2.05, 4.69) is 5.32 Å². The second-order valence-electron chi connectivity index (χ2n) is 5.88. The summed E-state index contributed by atoms with van der Waals surface area (Å²) >= 11 is 1.47. The molecule has 0 bridgehead atoms. The molecule has 0 fully saturated rings. The number of amides is 2. The minimum absolute atomic E-state index is 0.231. The summed E-state index contributed by atoms with van der Waals surface area (Å²) in [6, 6.07) is 5.24. The Labute approximate surface area is 148 Å². The van der Waals surface area contributed by atoms with Gasteiger partial charge in [-0.15, -0.1) is 11.3 Å². The van der Waals surface area contributed by atoms with Gasteiger partial charge in [0.1, 0.15) is 23.9 Å². The first-order chi connectivity index (χ1) is 12.0. The predicted molar refractivity (Wildman–Crippen MR) is 92.9 cm³/mol. The Morgan fingerprint density at radius 3 is 2.60 bits per heavy atom. The Hall–Kier alpha value is -2.28. The van der Waals surface area contributed by atoms with Crippen molar-refractivity contribution in [3.05, 3.63) is 51.2 Å². The lowest BCUT2D eigenvalue weighted by atomic mass is 10.2. The number of nitrogens with one attached hydrogen (secondary N) is 1. The molecule has 132 valence electrons. The standard InChI is InChI=1S/C18H18F2N2O2S/c1-2-22(18(24)15-9-11-5-3-8-14(11)25-15)10-16(23)21-17-12(19)6-4-7-13(17)20/h4,6-7,9H,2-3,5,8,10H2,1H3,(H,21,23). The van der Waals surface area contributed by atoms with Crippen molar-refractivity contribution in [2.45, 2.75) is 26.2 Å². The van der Waals surface area contributed by atoms with E-state index in [4.69, 9.17) is 0 Å². The average Bonchev–Trinajstić information content (AvgIpc) is 3.17. The number of anilines is 1. The molecule has 0 aliphatic heterocycles. The molecule has 0 unspecified atom stereocenters. The van der Waals surface area contributed by atoms with Crippen molar-refractivity contribution < 1.29 is 18.4 Å². The van der Waals surface area contributed by atoms with Crippen LogP contribution >= 0.6 is 11.3 Å². The highest BCUT2D eigenvalue weighted by Gasteiger charge is 2.23. The van der Waals surface area contributed by atoms with Gasteiger partial charge in [0.2, 0.25) is 5.91 Å². The van der Waals surface area contributed by atoms with E-state index >= 15 is 0 Å². The quantitative estimate of drug-likeness (QED) is 0.881. The Kier molecular flexibility index (Phi) is 5.13. The molecule has 1 aliphatic rings. The smallest absolute Gasteiger partial charge is 0.264 e. The largest absolute Gasteiger partial charge is 0.329 e. The lowest BCUT2D eigenvalue weighted by molar-refractivity contribution is -0.116. The number of aryl methyl sites for hydroxylation is 2. The van der Waals surface area contributed by atoms with Gasteiger partial charge in [-0.3, -0.25) is 9.59 Å². The van der Waals surface area contributed by atoms with Crippen LogP contribution in [-0.4, -0.2) is 29.8 Å². The number of halogens is 2. The zero-order chi connectivity index (χ0) is 18.0. The monoisotopic (exact) mass is 364 g/mol. The van der Waals surface area contributed by atoms with Crippen LogP contribution in [0.5, 0.6) is 0 Å². The number of hydrogen-bond acceptors (Lipinski definition) is 3. The SMILES string of the molecule is CCN(CC(=O)Nc1c(F)cccc1F)C(=O)c1cc2c(s1)CCC2. The van der Waals surface area contributed by atoms with E-state index in [9.17, 15) is 18.4 Å². The van der Waals surface area contributed by atoms with Crippen LogP contribution in [0.15, 0.2) is 24.3 Å². The average molecular weight is 364 g/mol. The molecule has 0 radical (unpaired) electrons. The van der Waals surface area contributed by atoms with Crippen LogP contribution in [0.4, 0.5) is 14.5 Å². The number of likely N-dealkylation sites (N-methyl/N-ethyl adjacent to an activating group) is 1. The van der Waals surface area contributed by atoms with Crippen LogP contribution in [0, 0.1) is 11.6 Å². The van der Waals surface area contributed by atoms with Gasteiger partial charge in [0.25, 0.3) is 5.91 Å². The van der Waals surface area contributed by atoms with Crippen molar-refractivity contribution in [3.8, 4) is 0 Å². The highest BCUT2D eigenvalue weighted by molar-refractivity contribution is 7.14. The van der Waals surface area contributed by atoms with Crippen molar-refractivity contribution >= 4 is 28.8 Å². The molecular formula is C18H18F2N2O2S. The number of para-hydroxylation sites is 1. The summed E-state index contributed by atoms with van der Waals surface area (Å²) in [5.74, 6) is -2.57. The summed E-state index contributed by atoms with van der Waals surface area (Å²) in [6.07, 6.45) is 3.09. The molecule has 1 aromatic heterocycles. The second kappa shape index (κ2) is 7.31. The third kappa shape index (κ3) is 3.71. The van der Waals surface area contributed by atoms with Gasteiger partial charge < -0.3 is 10.2 Å². The third-order valence-electron chi connectivity index (χ3n) is 4.19. The lowest BCUT2D eigenvalue weighted by Gasteiger charge is -2.20. The van der Waals surface area contributed by atoms with Gasteiger partial charge in [-0.25, -0.2) is 8.78 Å². The van der Waals surface area contributed by atoms with Crippen LogP contribution in [0.25, 0.3) is 0 Å². The number of nitrogens with zero attached hydrogens (tertiary/aromatic N) is 1. The number of hydrogen-bond donors (Lipinski definition) is 1. The van der Waals surface area contributed by atoms with E-state index in [0.29, 0.717) is 11.4 Å². The molecule has 1 heterocycles. The fourth-order valence-corrected chi connectivity index (χ4v) is 4.11. The summed E-state index contributed by atoms with van der Waals surface area (Å²) in [5.41, 5.74) is 0.716. The van der Waals surface area contributed by atoms with E-state index in [0.717, 1.165) is 31.4 Å². The summed E-state index contributed by atoms with van der Waals surface area (Å²) in [5, 5.41) is 2.21. The number of carbonyl (C=O) groups is 2. The molecule has 7 heteroatoms. The van der Waals surface area contributed by atoms with Crippen LogP contribution in [0.2, 0.25) is 0 Å². The van der Waals surface area contributed by atoms with Gasteiger partial charge in [0.05, 0.1) is 4.88 Å². The van der Waals surface area contributed by atoms with Gasteiger partial charge in [-0.05, 0) is 49.9 Å². The van der Waals surface area contributed by atoms with Crippen LogP contribution in [0.1, 0.15) is 33.5 Å². The van der Waals surface area contributed by atoms with Gasteiger partial charge in [-0.1, -0.05) is 6.07 Å². The van der Waals surface area contributed by atoms with Crippen LogP contribution in [0.3, 0.4) is 0 Å². The molecular weight excluding hydrogens is 346 g/mol. The van der Waals surface area contributed by atoms with Gasteiger partial charge >= 0.3 is 0 Å². The number of thiophene rings is 1. The Bertz CT molecular complexity index is 778. The second-order valence-corrected chi connectivity index (χ2v) is 7.01. The summed E-state index contributed by atoms with van der Waals surface area (Å²) < 4.78 is 27.2. The molecule has 2 aromatic rings. The Balaban J connectivity index is 1.68. The molecule has 3 rings (SSSR count). The van der Waals surface area contributed by atoms with Crippen LogP contribution in [-0.2, 0) is 17.6 Å². The van der Waals surface area contributed by atoms with E-state index in [1.165, 1.54) is 32.7 Å². The van der Waals surface area contributed by atoms with Crippen molar-refractivity contribution in [1.29, 1.82) is 0 Å². The molecule has 1 N–H and O–H groups in total. The third-order valence-corrected chi connectivity index (χ3v) is 5.41. The maximum atomic E-state index is 13.6. The topological polar surface area (TPSA) is 49.4 Å².